The van der Waals surface area contributed by atoms with Crippen LogP contribution in [-0.2, 0) is 0 Å². The number of rotatable bonds is 6. The minimum absolute atomic E-state index is 0.585. The first kappa shape index (κ1) is 19.8. The van der Waals surface area contributed by atoms with E-state index in [2.05, 4.69) is 91.7 Å². The minimum Gasteiger partial charge on any atom is -0.365 e. The number of hydrogen-bond donors (Lipinski definition) is 0. The van der Waals surface area contributed by atoms with Gasteiger partial charge >= 0.3 is 0 Å². The van der Waals surface area contributed by atoms with Crippen LogP contribution >= 0.6 is 0 Å². The van der Waals surface area contributed by atoms with Crippen molar-refractivity contribution in [3.05, 3.63) is 71.9 Å². The highest BCUT2D eigenvalue weighted by atomic mass is 15.3. The molecule has 0 atom stereocenters. The maximum atomic E-state index is 5.09. The van der Waals surface area contributed by atoms with Crippen molar-refractivity contribution in [3.8, 4) is 22.5 Å². The summed E-state index contributed by atoms with van der Waals surface area (Å²) in [4.78, 5) is 7.44. The van der Waals surface area contributed by atoms with E-state index >= 15 is 0 Å². The van der Waals surface area contributed by atoms with Gasteiger partial charge in [0.15, 0.2) is 5.65 Å². The predicted octanol–water partition coefficient (Wildman–Crippen LogP) is 6.30. The van der Waals surface area contributed by atoms with Gasteiger partial charge in [0.2, 0.25) is 0 Å². The van der Waals surface area contributed by atoms with Gasteiger partial charge in [0.05, 0.1) is 23.3 Å². The molecule has 0 unspecified atom stereocenters. The van der Waals surface area contributed by atoms with Crippen LogP contribution in [-0.4, -0.2) is 27.2 Å². The van der Waals surface area contributed by atoms with Crippen molar-refractivity contribution in [2.45, 2.75) is 46.6 Å². The summed E-state index contributed by atoms with van der Waals surface area (Å²) in [6.07, 6.45) is 4.48. The van der Waals surface area contributed by atoms with E-state index in [0.717, 1.165) is 29.1 Å². The first-order chi connectivity index (χ1) is 15.0. The van der Waals surface area contributed by atoms with Gasteiger partial charge in [-0.3, -0.25) is 0 Å². The Morgan fingerprint density at radius 1 is 1.03 bits per heavy atom. The fourth-order valence-electron chi connectivity index (χ4n) is 4.30. The van der Waals surface area contributed by atoms with Gasteiger partial charge in [-0.05, 0) is 44.2 Å². The van der Waals surface area contributed by atoms with Gasteiger partial charge in [0.1, 0.15) is 0 Å². The van der Waals surface area contributed by atoms with E-state index in [9.17, 15) is 0 Å². The third kappa shape index (κ3) is 3.83. The molecule has 1 fully saturated rings. The highest BCUT2D eigenvalue weighted by Crippen LogP contribution is 2.37. The number of aryl methyl sites for hydroxylation is 2. The van der Waals surface area contributed by atoms with E-state index in [1.54, 1.807) is 0 Å². The van der Waals surface area contributed by atoms with Crippen LogP contribution < -0.4 is 4.90 Å². The molecule has 1 saturated carbocycles. The molecule has 0 spiro atoms. The summed E-state index contributed by atoms with van der Waals surface area (Å²) in [5, 5.41) is 5.09. The lowest BCUT2D eigenvalue weighted by atomic mass is 10.0. The van der Waals surface area contributed by atoms with Crippen LogP contribution in [0.15, 0.2) is 60.8 Å². The van der Waals surface area contributed by atoms with Crippen LogP contribution in [0, 0.1) is 19.8 Å². The molecule has 2 heterocycles. The van der Waals surface area contributed by atoms with Crippen LogP contribution in [0.4, 0.5) is 5.69 Å². The van der Waals surface area contributed by atoms with Gasteiger partial charge in [0.25, 0.3) is 0 Å². The van der Waals surface area contributed by atoms with Gasteiger partial charge in [-0.25, -0.2) is 9.50 Å². The second-order valence-electron chi connectivity index (χ2n) is 9.25. The normalized spacial score (nSPS) is 13.8. The SMILES string of the molecule is Cc1ccc(-c2cnc3c(N(CC(C)C)C4CC4)cc(-c4ccccc4C)nn23)cc1. The molecular weight excluding hydrogens is 380 g/mol. The summed E-state index contributed by atoms with van der Waals surface area (Å²) >= 11 is 0. The standard InChI is InChI=1S/C27H30N4/c1-18(2)17-30(22-13-14-22)25-15-24(23-8-6-5-7-20(23)4)29-31-26(16-28-27(25)31)21-11-9-19(3)10-12-21/h5-12,15-16,18,22H,13-14,17H2,1-4H3. The van der Waals surface area contributed by atoms with E-state index in [1.165, 1.54) is 35.2 Å². The van der Waals surface area contributed by atoms with Crippen molar-refractivity contribution in [1.29, 1.82) is 0 Å². The van der Waals surface area contributed by atoms with E-state index in [-0.39, 0.29) is 0 Å². The maximum absolute atomic E-state index is 5.09. The molecule has 4 aromatic rings. The summed E-state index contributed by atoms with van der Waals surface area (Å²) in [6, 6.07) is 20.0. The van der Waals surface area contributed by atoms with Crippen molar-refractivity contribution in [2.75, 3.05) is 11.4 Å². The van der Waals surface area contributed by atoms with Crippen LogP contribution in [0.1, 0.15) is 37.8 Å². The minimum atomic E-state index is 0.585. The number of benzene rings is 2. The lowest BCUT2D eigenvalue weighted by Crippen LogP contribution is -2.30. The van der Waals surface area contributed by atoms with E-state index in [1.807, 2.05) is 6.20 Å². The Bertz CT molecular complexity index is 1220. The number of nitrogens with zero attached hydrogens (tertiary/aromatic N) is 4. The zero-order chi connectivity index (χ0) is 21.5. The molecule has 0 saturated heterocycles. The second kappa shape index (κ2) is 7.84. The van der Waals surface area contributed by atoms with E-state index in [0.29, 0.717) is 12.0 Å². The largest absolute Gasteiger partial charge is 0.365 e. The van der Waals surface area contributed by atoms with Crippen LogP contribution in [0.25, 0.3) is 28.2 Å². The zero-order valence-electron chi connectivity index (χ0n) is 18.8. The molecule has 2 aromatic carbocycles. The molecule has 158 valence electrons. The average Bonchev–Trinajstić information content (AvgIpc) is 3.51. The van der Waals surface area contributed by atoms with Crippen molar-refractivity contribution in [3.63, 3.8) is 0 Å². The van der Waals surface area contributed by atoms with Gasteiger partial charge in [-0.15, -0.1) is 0 Å². The highest BCUT2D eigenvalue weighted by molar-refractivity contribution is 5.79. The smallest absolute Gasteiger partial charge is 0.177 e. The van der Waals surface area contributed by atoms with E-state index < -0.39 is 0 Å². The van der Waals surface area contributed by atoms with Gasteiger partial charge in [-0.1, -0.05) is 67.9 Å². The van der Waals surface area contributed by atoms with Crippen LogP contribution in [0.2, 0.25) is 0 Å². The monoisotopic (exact) mass is 410 g/mol. The Balaban J connectivity index is 1.75. The number of fused-ring (bicyclic) bond motifs is 1. The first-order valence-corrected chi connectivity index (χ1v) is 11.3. The molecule has 1 aliphatic carbocycles. The van der Waals surface area contributed by atoms with Crippen molar-refractivity contribution in [1.82, 2.24) is 14.6 Å². The lowest BCUT2D eigenvalue weighted by Gasteiger charge is -2.27. The Labute approximate surface area is 184 Å². The fraction of sp³-hybridized carbons (Fsp3) is 0.333. The van der Waals surface area contributed by atoms with Crippen molar-refractivity contribution >= 4 is 11.3 Å². The van der Waals surface area contributed by atoms with Crippen LogP contribution in [0.5, 0.6) is 0 Å². The Morgan fingerprint density at radius 3 is 2.45 bits per heavy atom. The quantitative estimate of drug-likeness (QED) is 0.374. The second-order valence-corrected chi connectivity index (χ2v) is 9.25. The molecule has 0 N–H and O–H groups in total. The van der Waals surface area contributed by atoms with Gasteiger partial charge in [-0.2, -0.15) is 5.10 Å². The number of hydrogen-bond acceptors (Lipinski definition) is 3. The molecule has 0 bridgehead atoms. The van der Waals surface area contributed by atoms with Crippen LogP contribution in [0.3, 0.4) is 0 Å². The van der Waals surface area contributed by atoms with Gasteiger partial charge < -0.3 is 4.90 Å². The van der Waals surface area contributed by atoms with Gasteiger partial charge in [0, 0.05) is 23.7 Å². The molecule has 0 amide bonds. The zero-order valence-corrected chi connectivity index (χ0v) is 18.8. The van der Waals surface area contributed by atoms with Crippen molar-refractivity contribution in [2.24, 2.45) is 5.92 Å². The number of anilines is 1. The molecular formula is C27H30N4. The van der Waals surface area contributed by atoms with E-state index in [4.69, 9.17) is 10.1 Å². The Kier molecular flexibility index (Phi) is 5.01. The summed E-state index contributed by atoms with van der Waals surface area (Å²) in [5.41, 5.74) is 8.98. The third-order valence-corrected chi connectivity index (χ3v) is 6.08. The molecule has 2 aromatic heterocycles. The summed E-state index contributed by atoms with van der Waals surface area (Å²) in [6.45, 7) is 9.88. The summed E-state index contributed by atoms with van der Waals surface area (Å²) in [5.74, 6) is 0.585. The highest BCUT2D eigenvalue weighted by Gasteiger charge is 2.32. The summed E-state index contributed by atoms with van der Waals surface area (Å²) in [7, 11) is 0. The molecule has 31 heavy (non-hydrogen) atoms. The predicted molar refractivity (Wildman–Crippen MR) is 129 cm³/mol. The molecule has 4 nitrogen and oxygen atoms in total. The average molecular weight is 411 g/mol. The molecule has 0 aliphatic heterocycles. The maximum Gasteiger partial charge on any atom is 0.177 e. The fourth-order valence-corrected chi connectivity index (χ4v) is 4.30. The summed E-state index contributed by atoms with van der Waals surface area (Å²) < 4.78 is 2.05. The third-order valence-electron chi connectivity index (χ3n) is 6.08. The Hall–Kier alpha value is -3.14. The number of aromatic nitrogens is 3. The first-order valence-electron chi connectivity index (χ1n) is 11.3. The number of imidazole rings is 1. The van der Waals surface area contributed by atoms with Crippen molar-refractivity contribution < 1.29 is 0 Å². The topological polar surface area (TPSA) is 33.4 Å². The molecule has 4 heteroatoms. The lowest BCUT2D eigenvalue weighted by molar-refractivity contribution is 0.607. The Morgan fingerprint density at radius 2 is 1.77 bits per heavy atom. The molecule has 1 aliphatic rings. The molecule has 0 radical (unpaired) electrons. The molecule has 5 rings (SSSR count).